The van der Waals surface area contributed by atoms with Crippen molar-refractivity contribution in [1.29, 1.82) is 0 Å². The SMILES string of the molecule is CCCC1(CN2CCC[C@H]3CCCC[C@H]32)CCCN1. The molecule has 3 fully saturated rings. The third kappa shape index (κ3) is 3.00. The van der Waals surface area contributed by atoms with Gasteiger partial charge in [-0.2, -0.15) is 0 Å². The smallest absolute Gasteiger partial charge is 0.0309 e. The van der Waals surface area contributed by atoms with Crippen molar-refractivity contribution in [3.63, 3.8) is 0 Å². The quantitative estimate of drug-likeness (QED) is 0.835. The second-order valence-corrected chi connectivity index (χ2v) is 7.29. The molecule has 1 unspecified atom stereocenters. The average Bonchev–Trinajstić information content (AvgIpc) is 2.88. The van der Waals surface area contributed by atoms with Crippen molar-refractivity contribution in [2.45, 2.75) is 82.7 Å². The van der Waals surface area contributed by atoms with E-state index < -0.39 is 0 Å². The Morgan fingerprint density at radius 2 is 1.95 bits per heavy atom. The zero-order chi connectivity index (χ0) is 13.1. The van der Waals surface area contributed by atoms with Crippen LogP contribution in [0.25, 0.3) is 0 Å². The summed E-state index contributed by atoms with van der Waals surface area (Å²) in [6.07, 6.45) is 14.4. The number of hydrogen-bond donors (Lipinski definition) is 1. The number of nitrogens with zero attached hydrogens (tertiary/aromatic N) is 1. The van der Waals surface area contributed by atoms with Gasteiger partial charge in [0.1, 0.15) is 0 Å². The van der Waals surface area contributed by atoms with E-state index in [0.717, 1.165) is 12.0 Å². The van der Waals surface area contributed by atoms with Crippen LogP contribution in [0.4, 0.5) is 0 Å². The molecule has 2 heteroatoms. The number of rotatable bonds is 4. The molecule has 110 valence electrons. The van der Waals surface area contributed by atoms with Crippen LogP contribution in [-0.2, 0) is 0 Å². The van der Waals surface area contributed by atoms with Crippen molar-refractivity contribution < 1.29 is 0 Å². The van der Waals surface area contributed by atoms with Crippen molar-refractivity contribution in [1.82, 2.24) is 10.2 Å². The summed E-state index contributed by atoms with van der Waals surface area (Å²) in [5.41, 5.74) is 0.466. The van der Waals surface area contributed by atoms with Crippen LogP contribution < -0.4 is 5.32 Å². The molecule has 0 aromatic carbocycles. The Kier molecular flexibility index (Phi) is 4.48. The summed E-state index contributed by atoms with van der Waals surface area (Å²) in [6.45, 7) is 6.31. The second-order valence-electron chi connectivity index (χ2n) is 7.29. The van der Waals surface area contributed by atoms with Gasteiger partial charge in [0.15, 0.2) is 0 Å². The Hall–Kier alpha value is -0.0800. The zero-order valence-corrected chi connectivity index (χ0v) is 12.8. The van der Waals surface area contributed by atoms with Crippen molar-refractivity contribution in [2.75, 3.05) is 19.6 Å². The molecule has 0 spiro atoms. The van der Waals surface area contributed by atoms with Crippen molar-refractivity contribution in [3.8, 4) is 0 Å². The molecule has 2 aliphatic heterocycles. The van der Waals surface area contributed by atoms with Gasteiger partial charge in [-0.1, -0.05) is 26.2 Å². The third-order valence-electron chi connectivity index (χ3n) is 5.92. The first-order valence-corrected chi connectivity index (χ1v) is 8.82. The highest BCUT2D eigenvalue weighted by Gasteiger charge is 2.39. The molecule has 0 bridgehead atoms. The molecule has 0 aromatic heterocycles. The number of likely N-dealkylation sites (tertiary alicyclic amines) is 1. The monoisotopic (exact) mass is 264 g/mol. The van der Waals surface area contributed by atoms with Crippen LogP contribution in [0.3, 0.4) is 0 Å². The Morgan fingerprint density at radius 3 is 2.74 bits per heavy atom. The molecule has 2 heterocycles. The summed E-state index contributed by atoms with van der Waals surface area (Å²) in [6, 6.07) is 0.929. The van der Waals surface area contributed by atoms with E-state index in [2.05, 4.69) is 17.1 Å². The molecule has 3 atom stereocenters. The molecule has 1 saturated carbocycles. The van der Waals surface area contributed by atoms with Crippen molar-refractivity contribution in [2.24, 2.45) is 5.92 Å². The van der Waals surface area contributed by atoms with Crippen LogP contribution >= 0.6 is 0 Å². The maximum Gasteiger partial charge on any atom is 0.0309 e. The maximum absolute atomic E-state index is 3.87. The van der Waals surface area contributed by atoms with Crippen LogP contribution in [0.15, 0.2) is 0 Å². The van der Waals surface area contributed by atoms with E-state index >= 15 is 0 Å². The molecular formula is C17H32N2. The normalized spacial score (nSPS) is 40.3. The van der Waals surface area contributed by atoms with E-state index in [1.54, 1.807) is 0 Å². The Balaban J connectivity index is 1.66. The molecule has 2 saturated heterocycles. The van der Waals surface area contributed by atoms with Crippen molar-refractivity contribution >= 4 is 0 Å². The minimum Gasteiger partial charge on any atom is -0.310 e. The Labute approximate surface area is 119 Å². The van der Waals surface area contributed by atoms with E-state index in [1.807, 2.05) is 0 Å². The number of fused-ring (bicyclic) bond motifs is 1. The second kappa shape index (κ2) is 6.13. The van der Waals surface area contributed by atoms with Gasteiger partial charge in [-0.15, -0.1) is 0 Å². The van der Waals surface area contributed by atoms with Gasteiger partial charge in [0.2, 0.25) is 0 Å². The molecule has 0 amide bonds. The minimum absolute atomic E-state index is 0.466. The highest BCUT2D eigenvalue weighted by atomic mass is 15.2. The standard InChI is InChI=1S/C17H32N2/c1-2-10-17(11-6-12-18-17)14-19-13-5-8-15-7-3-4-9-16(15)19/h15-16,18H,2-14H2,1H3/t15-,16-,17?/m1/s1. The first kappa shape index (κ1) is 13.9. The summed E-state index contributed by atoms with van der Waals surface area (Å²) in [4.78, 5) is 2.89. The Bertz CT molecular complexity index is 281. The van der Waals surface area contributed by atoms with E-state index in [4.69, 9.17) is 0 Å². The number of nitrogens with one attached hydrogen (secondary N) is 1. The van der Waals surface area contributed by atoms with E-state index in [0.29, 0.717) is 5.54 Å². The van der Waals surface area contributed by atoms with Gasteiger partial charge in [-0.25, -0.2) is 0 Å². The summed E-state index contributed by atoms with van der Waals surface area (Å²) >= 11 is 0. The van der Waals surface area contributed by atoms with E-state index in [1.165, 1.54) is 83.8 Å². The molecule has 19 heavy (non-hydrogen) atoms. The van der Waals surface area contributed by atoms with Gasteiger partial charge in [0.05, 0.1) is 0 Å². The first-order chi connectivity index (χ1) is 9.33. The predicted molar refractivity (Wildman–Crippen MR) is 81.4 cm³/mol. The minimum atomic E-state index is 0.466. The summed E-state index contributed by atoms with van der Waals surface area (Å²) in [7, 11) is 0. The van der Waals surface area contributed by atoms with Crippen LogP contribution in [-0.4, -0.2) is 36.1 Å². The lowest BCUT2D eigenvalue weighted by Gasteiger charge is -2.47. The zero-order valence-electron chi connectivity index (χ0n) is 12.8. The van der Waals surface area contributed by atoms with Crippen LogP contribution in [0, 0.1) is 5.92 Å². The lowest BCUT2D eigenvalue weighted by atomic mass is 9.77. The molecule has 2 nitrogen and oxygen atoms in total. The fourth-order valence-electron chi connectivity index (χ4n) is 5.09. The molecule has 0 radical (unpaired) electrons. The van der Waals surface area contributed by atoms with Gasteiger partial charge >= 0.3 is 0 Å². The first-order valence-electron chi connectivity index (χ1n) is 8.82. The van der Waals surface area contributed by atoms with Gasteiger partial charge in [-0.05, 0) is 64.0 Å². The Morgan fingerprint density at radius 1 is 1.11 bits per heavy atom. The maximum atomic E-state index is 3.87. The predicted octanol–water partition coefficient (Wildman–Crippen LogP) is 3.56. The molecule has 1 N–H and O–H groups in total. The van der Waals surface area contributed by atoms with E-state index in [9.17, 15) is 0 Å². The molecule has 0 aromatic rings. The summed E-state index contributed by atoms with van der Waals surface area (Å²) < 4.78 is 0. The summed E-state index contributed by atoms with van der Waals surface area (Å²) in [5, 5.41) is 3.87. The summed E-state index contributed by atoms with van der Waals surface area (Å²) in [5.74, 6) is 1.03. The molecule has 3 aliphatic rings. The molecular weight excluding hydrogens is 232 g/mol. The van der Waals surface area contributed by atoms with Crippen LogP contribution in [0.1, 0.15) is 71.1 Å². The lowest BCUT2D eigenvalue weighted by Crippen LogP contribution is -2.56. The van der Waals surface area contributed by atoms with Gasteiger partial charge < -0.3 is 5.32 Å². The fraction of sp³-hybridized carbons (Fsp3) is 1.00. The van der Waals surface area contributed by atoms with Crippen LogP contribution in [0.5, 0.6) is 0 Å². The van der Waals surface area contributed by atoms with Crippen molar-refractivity contribution in [3.05, 3.63) is 0 Å². The number of hydrogen-bond acceptors (Lipinski definition) is 2. The van der Waals surface area contributed by atoms with E-state index in [-0.39, 0.29) is 0 Å². The third-order valence-corrected chi connectivity index (χ3v) is 5.92. The number of piperidine rings is 1. The molecule has 3 rings (SSSR count). The fourth-order valence-corrected chi connectivity index (χ4v) is 5.09. The molecule has 1 aliphatic carbocycles. The lowest BCUT2D eigenvalue weighted by molar-refractivity contribution is 0.0368. The van der Waals surface area contributed by atoms with Gasteiger partial charge in [0, 0.05) is 18.1 Å². The van der Waals surface area contributed by atoms with Gasteiger partial charge in [0.25, 0.3) is 0 Å². The highest BCUT2D eigenvalue weighted by molar-refractivity contribution is 4.98. The van der Waals surface area contributed by atoms with Gasteiger partial charge in [-0.3, -0.25) is 4.90 Å². The van der Waals surface area contributed by atoms with Crippen LogP contribution in [0.2, 0.25) is 0 Å². The highest BCUT2D eigenvalue weighted by Crippen LogP contribution is 2.37. The topological polar surface area (TPSA) is 15.3 Å². The average molecular weight is 264 g/mol. The largest absolute Gasteiger partial charge is 0.310 e.